The summed E-state index contributed by atoms with van der Waals surface area (Å²) in [5.74, 6) is -1.70. The Kier molecular flexibility index (Phi) is 10.4. The van der Waals surface area contributed by atoms with Gasteiger partial charge in [0.15, 0.2) is 6.10 Å². The fourth-order valence-corrected chi connectivity index (χ4v) is 4.59. The molecule has 0 bridgehead atoms. The smallest absolute Gasteiger partial charge is 0.478 e. The number of carbonyl (C=O) groups excluding carboxylic acids is 2. The van der Waals surface area contributed by atoms with Crippen LogP contribution in [0.1, 0.15) is 44.2 Å². The number of carboxylic acids is 1. The van der Waals surface area contributed by atoms with Crippen molar-refractivity contribution in [2.45, 2.75) is 70.6 Å². The molecule has 2 aromatic carbocycles. The van der Waals surface area contributed by atoms with E-state index in [0.717, 1.165) is 5.56 Å². The minimum Gasteiger partial charge on any atom is -0.478 e. The van der Waals surface area contributed by atoms with E-state index < -0.39 is 30.5 Å². The lowest BCUT2D eigenvalue weighted by molar-refractivity contribution is -0.418. The second kappa shape index (κ2) is 13.5. The van der Waals surface area contributed by atoms with Crippen LogP contribution >= 0.6 is 0 Å². The minimum absolute atomic E-state index is 0.0450. The molecule has 0 aliphatic carbocycles. The van der Waals surface area contributed by atoms with Crippen molar-refractivity contribution in [3.8, 4) is 11.5 Å². The Balaban J connectivity index is 1.50. The van der Waals surface area contributed by atoms with E-state index in [1.165, 1.54) is 23.1 Å². The van der Waals surface area contributed by atoms with Crippen molar-refractivity contribution in [1.29, 1.82) is 0 Å². The van der Waals surface area contributed by atoms with Crippen LogP contribution in [0.3, 0.4) is 0 Å². The molecule has 1 fully saturated rings. The van der Waals surface area contributed by atoms with Crippen molar-refractivity contribution in [2.75, 3.05) is 6.54 Å². The van der Waals surface area contributed by atoms with Crippen molar-refractivity contribution in [3.05, 3.63) is 59.7 Å². The number of nitrogens with zero attached hydrogens (tertiary/aromatic N) is 1. The van der Waals surface area contributed by atoms with E-state index >= 15 is 0 Å². The van der Waals surface area contributed by atoms with Gasteiger partial charge in [-0.3, -0.25) is 9.59 Å². The molecule has 2 aromatic rings. The van der Waals surface area contributed by atoms with Crippen LogP contribution in [0.5, 0.6) is 11.5 Å². The summed E-state index contributed by atoms with van der Waals surface area (Å²) in [5.41, 5.74) is 5.32. The molecule has 5 N–H and O–H groups in total. The van der Waals surface area contributed by atoms with Crippen LogP contribution in [0, 0.1) is 5.92 Å². The molecule has 40 heavy (non-hydrogen) atoms. The maximum Gasteiger partial charge on any atom is 0.573 e. The highest BCUT2D eigenvalue weighted by Gasteiger charge is 2.35. The van der Waals surface area contributed by atoms with Gasteiger partial charge in [0.25, 0.3) is 0 Å². The maximum absolute atomic E-state index is 13.0. The van der Waals surface area contributed by atoms with Gasteiger partial charge in [-0.2, -0.15) is 0 Å². The molecule has 1 aliphatic heterocycles. The average Bonchev–Trinajstić information content (AvgIpc) is 3.35. The number of alkyl halides is 3. The van der Waals surface area contributed by atoms with Crippen LogP contribution in [0.2, 0.25) is 0 Å². The zero-order valence-corrected chi connectivity index (χ0v) is 22.4. The first-order valence-corrected chi connectivity index (χ1v) is 13.1. The van der Waals surface area contributed by atoms with E-state index in [0.29, 0.717) is 30.7 Å². The van der Waals surface area contributed by atoms with E-state index in [2.05, 4.69) is 15.8 Å². The number of aliphatic carboxylic acids is 1. The lowest BCUT2D eigenvalue weighted by Gasteiger charge is -2.25. The predicted octanol–water partition coefficient (Wildman–Crippen LogP) is 2.92. The van der Waals surface area contributed by atoms with Crippen molar-refractivity contribution >= 4 is 17.8 Å². The van der Waals surface area contributed by atoms with Crippen molar-refractivity contribution in [3.63, 3.8) is 0 Å². The summed E-state index contributed by atoms with van der Waals surface area (Å²) in [5, 5.41) is 12.1. The average molecular weight is 567 g/mol. The molecule has 0 saturated carbocycles. The highest BCUT2D eigenvalue weighted by molar-refractivity contribution is 5.88. The van der Waals surface area contributed by atoms with E-state index in [1.807, 2.05) is 0 Å². The number of halogens is 3. The van der Waals surface area contributed by atoms with Gasteiger partial charge in [0.1, 0.15) is 17.5 Å². The number of benzene rings is 2. The summed E-state index contributed by atoms with van der Waals surface area (Å²) >= 11 is 0. The van der Waals surface area contributed by atoms with Crippen molar-refractivity contribution in [1.82, 2.24) is 10.2 Å². The topological polar surface area (TPSA) is 133 Å². The lowest BCUT2D eigenvalue weighted by atomic mass is 10.0. The number of carbonyl (C=O) groups is 3. The molecule has 1 aliphatic rings. The Bertz CT molecular complexity index is 1170. The van der Waals surface area contributed by atoms with E-state index in [1.54, 1.807) is 44.2 Å². The number of likely N-dealkylation sites (tertiary alicyclic amines) is 1. The molecule has 1 saturated heterocycles. The number of ether oxygens (including phenoxy) is 2. The number of hydrogen-bond donors (Lipinski definition) is 3. The van der Waals surface area contributed by atoms with Crippen LogP contribution in [0.15, 0.2) is 48.5 Å². The standard InChI is InChI=1S/C28H34F3N3O6/c1-17(2)25(27(37)38)39-21-10-8-18(9-11-21)16-33-26(36)23-7-4-12-34(23)24(35)15-20(32)13-19-5-3-6-22(14-19)40-28(29,30)31/h3,5-6,8-11,14,17,20,23,25H,4,7,12-13,15-16,32H2,1-2H3,(H,33,36)(H,37,38)/p+1/t20?,23-,25+/m0/s1. The largest absolute Gasteiger partial charge is 0.573 e. The zero-order chi connectivity index (χ0) is 29.4. The van der Waals surface area contributed by atoms with Gasteiger partial charge in [-0.1, -0.05) is 38.1 Å². The van der Waals surface area contributed by atoms with Crippen LogP contribution in [-0.2, 0) is 27.3 Å². The first-order valence-electron chi connectivity index (χ1n) is 13.1. The van der Waals surface area contributed by atoms with Gasteiger partial charge in [-0.05, 0) is 48.2 Å². The second-order valence-corrected chi connectivity index (χ2v) is 10.2. The molecule has 12 heteroatoms. The number of quaternary nitrogens is 1. The summed E-state index contributed by atoms with van der Waals surface area (Å²) in [4.78, 5) is 38.8. The monoisotopic (exact) mass is 566 g/mol. The van der Waals surface area contributed by atoms with Gasteiger partial charge in [0, 0.05) is 25.4 Å². The van der Waals surface area contributed by atoms with Gasteiger partial charge in [0.05, 0.1) is 12.5 Å². The molecule has 0 radical (unpaired) electrons. The predicted molar refractivity (Wildman–Crippen MR) is 138 cm³/mol. The van der Waals surface area contributed by atoms with Crippen LogP contribution in [0.25, 0.3) is 0 Å². The molecular formula is C28H35F3N3O6+. The Morgan fingerprint density at radius 2 is 1.80 bits per heavy atom. The third-order valence-corrected chi connectivity index (χ3v) is 6.50. The Labute approximate surface area is 230 Å². The summed E-state index contributed by atoms with van der Waals surface area (Å²) in [6.45, 7) is 4.17. The third kappa shape index (κ3) is 9.15. The highest BCUT2D eigenvalue weighted by atomic mass is 19.4. The molecular weight excluding hydrogens is 531 g/mol. The van der Waals surface area contributed by atoms with Crippen LogP contribution in [-0.4, -0.2) is 58.9 Å². The Morgan fingerprint density at radius 3 is 2.42 bits per heavy atom. The minimum atomic E-state index is -4.79. The lowest BCUT2D eigenvalue weighted by Crippen LogP contribution is -2.63. The Morgan fingerprint density at radius 1 is 1.10 bits per heavy atom. The summed E-state index contributed by atoms with van der Waals surface area (Å²) in [6.07, 6.45) is -4.24. The quantitative estimate of drug-likeness (QED) is 0.362. The summed E-state index contributed by atoms with van der Waals surface area (Å²) in [6, 6.07) is 11.3. The summed E-state index contributed by atoms with van der Waals surface area (Å²) < 4.78 is 47.0. The van der Waals surface area contributed by atoms with Gasteiger partial charge < -0.3 is 30.5 Å². The highest BCUT2D eigenvalue weighted by Crippen LogP contribution is 2.24. The second-order valence-electron chi connectivity index (χ2n) is 10.2. The molecule has 3 atom stereocenters. The van der Waals surface area contributed by atoms with Gasteiger partial charge in [-0.15, -0.1) is 13.2 Å². The van der Waals surface area contributed by atoms with E-state index in [9.17, 15) is 32.7 Å². The first kappa shape index (κ1) is 30.7. The number of hydrogen-bond acceptors (Lipinski definition) is 5. The number of carboxylic acid groups (broad SMARTS) is 1. The fraction of sp³-hybridized carbons (Fsp3) is 0.464. The maximum atomic E-state index is 13.0. The molecule has 1 unspecified atom stereocenters. The zero-order valence-electron chi connectivity index (χ0n) is 22.4. The van der Waals surface area contributed by atoms with E-state index in [4.69, 9.17) is 4.74 Å². The normalized spacial score (nSPS) is 16.9. The molecule has 1 heterocycles. The Hall–Kier alpha value is -3.80. The van der Waals surface area contributed by atoms with Crippen molar-refractivity contribution < 1.29 is 47.9 Å². The first-order chi connectivity index (χ1) is 18.8. The van der Waals surface area contributed by atoms with Gasteiger partial charge >= 0.3 is 12.3 Å². The van der Waals surface area contributed by atoms with Crippen LogP contribution in [0.4, 0.5) is 13.2 Å². The van der Waals surface area contributed by atoms with Crippen LogP contribution < -0.4 is 20.5 Å². The van der Waals surface area contributed by atoms with Gasteiger partial charge in [0.2, 0.25) is 11.8 Å². The fourth-order valence-electron chi connectivity index (χ4n) is 4.59. The summed E-state index contributed by atoms with van der Waals surface area (Å²) in [7, 11) is 0. The molecule has 0 spiro atoms. The third-order valence-electron chi connectivity index (χ3n) is 6.50. The van der Waals surface area contributed by atoms with Crippen molar-refractivity contribution in [2.24, 2.45) is 5.92 Å². The molecule has 218 valence electrons. The number of amides is 2. The molecule has 0 aromatic heterocycles. The number of nitrogens with one attached hydrogen (secondary N) is 1. The molecule has 2 amide bonds. The van der Waals surface area contributed by atoms with E-state index in [-0.39, 0.29) is 42.9 Å². The molecule has 9 nitrogen and oxygen atoms in total. The molecule has 3 rings (SSSR count). The van der Waals surface area contributed by atoms with Gasteiger partial charge in [-0.25, -0.2) is 4.79 Å². The number of rotatable bonds is 12. The SMILES string of the molecule is CC(C)[C@@H](Oc1ccc(CNC(=O)[C@@H]2CCCN2C(=O)CC([NH3+])Cc2cccc(OC(F)(F)F)c2)cc1)C(=O)O.